The van der Waals surface area contributed by atoms with Crippen molar-refractivity contribution in [3.63, 3.8) is 0 Å². The Bertz CT molecular complexity index is 925. The molecule has 0 bridgehead atoms. The molecule has 1 fully saturated rings. The molecule has 4 nitrogen and oxygen atoms in total. The number of anilines is 1. The minimum Gasteiger partial charge on any atom is -0.382 e. The van der Waals surface area contributed by atoms with Gasteiger partial charge in [-0.2, -0.15) is 0 Å². The Hall–Kier alpha value is -2.59. The lowest BCUT2D eigenvalue weighted by molar-refractivity contribution is 0.411. The summed E-state index contributed by atoms with van der Waals surface area (Å²) in [6.45, 7) is 0. The second-order valence-corrected chi connectivity index (χ2v) is 6.91. The van der Waals surface area contributed by atoms with Gasteiger partial charge in [-0.15, -0.1) is 0 Å². The summed E-state index contributed by atoms with van der Waals surface area (Å²) >= 11 is 0. The van der Waals surface area contributed by atoms with Crippen molar-refractivity contribution in [2.75, 3.05) is 5.32 Å². The van der Waals surface area contributed by atoms with E-state index in [1.807, 2.05) is 36.5 Å². The van der Waals surface area contributed by atoms with E-state index in [1.54, 1.807) is 0 Å². The molecule has 3 aromatic rings. The molecule has 1 aliphatic carbocycles. The van der Waals surface area contributed by atoms with Crippen molar-refractivity contribution in [3.8, 4) is 11.1 Å². The van der Waals surface area contributed by atoms with Crippen molar-refractivity contribution >= 4 is 16.5 Å². The van der Waals surface area contributed by atoms with Crippen LogP contribution in [-0.2, 0) is 0 Å². The highest BCUT2D eigenvalue weighted by molar-refractivity contribution is 5.97. The molecule has 0 aliphatic heterocycles. The molecule has 0 unspecified atom stereocenters. The third kappa shape index (κ3) is 3.30. The van der Waals surface area contributed by atoms with E-state index in [2.05, 4.69) is 28.5 Å². The van der Waals surface area contributed by atoms with Crippen LogP contribution in [0.3, 0.4) is 0 Å². The van der Waals surface area contributed by atoms with Crippen LogP contribution in [0.1, 0.15) is 25.7 Å². The van der Waals surface area contributed by atoms with Gasteiger partial charge in [0.05, 0.1) is 0 Å². The second-order valence-electron chi connectivity index (χ2n) is 6.91. The van der Waals surface area contributed by atoms with Gasteiger partial charge in [-0.05, 0) is 54.8 Å². The van der Waals surface area contributed by atoms with Crippen LogP contribution in [0.25, 0.3) is 21.9 Å². The summed E-state index contributed by atoms with van der Waals surface area (Å²) in [6.07, 6.45) is 6.14. The number of H-pyrrole nitrogens is 1. The van der Waals surface area contributed by atoms with Gasteiger partial charge < -0.3 is 16.0 Å². The third-order valence-corrected chi connectivity index (χ3v) is 5.13. The van der Waals surface area contributed by atoms with E-state index >= 15 is 0 Å². The smallest absolute Gasteiger partial charge is 0.255 e. The van der Waals surface area contributed by atoms with Crippen LogP contribution >= 0.6 is 0 Å². The lowest BCUT2D eigenvalue weighted by atomic mass is 9.91. The van der Waals surface area contributed by atoms with Crippen molar-refractivity contribution in [2.24, 2.45) is 5.73 Å². The molecule has 4 rings (SSSR count). The average Bonchev–Trinajstić information content (AvgIpc) is 2.65. The molecule has 0 atom stereocenters. The standard InChI is InChI=1S/C21H23N3O/c22-15-6-8-16(9-7-15)24-17-10-11-18-19(12-17)20(13-23-21(18)25)14-4-2-1-3-5-14/h1-5,10-13,15-16,24H,6-9,22H2,(H,23,25). The molecule has 1 heterocycles. The Labute approximate surface area is 147 Å². The highest BCUT2D eigenvalue weighted by Crippen LogP contribution is 2.29. The molecule has 128 valence electrons. The zero-order valence-electron chi connectivity index (χ0n) is 14.2. The first-order valence-corrected chi connectivity index (χ1v) is 8.94. The summed E-state index contributed by atoms with van der Waals surface area (Å²) < 4.78 is 0. The fourth-order valence-electron chi connectivity index (χ4n) is 3.70. The van der Waals surface area contributed by atoms with Crippen molar-refractivity contribution in [1.82, 2.24) is 4.98 Å². The maximum atomic E-state index is 12.2. The normalized spacial score (nSPS) is 20.5. The first-order chi connectivity index (χ1) is 12.2. The molecule has 1 aliphatic rings. The fraction of sp³-hybridized carbons (Fsp3) is 0.286. The number of hydrogen-bond acceptors (Lipinski definition) is 3. The number of pyridine rings is 1. The Kier molecular flexibility index (Phi) is 4.28. The summed E-state index contributed by atoms with van der Waals surface area (Å²) in [6, 6.07) is 17.0. The molecule has 2 aromatic carbocycles. The molecular weight excluding hydrogens is 310 g/mol. The van der Waals surface area contributed by atoms with Crippen LogP contribution in [-0.4, -0.2) is 17.1 Å². The van der Waals surface area contributed by atoms with Crippen molar-refractivity contribution in [2.45, 2.75) is 37.8 Å². The summed E-state index contributed by atoms with van der Waals surface area (Å²) in [5, 5.41) is 5.32. The van der Waals surface area contributed by atoms with Crippen LogP contribution < -0.4 is 16.6 Å². The van der Waals surface area contributed by atoms with Crippen LogP contribution in [0.15, 0.2) is 59.5 Å². The van der Waals surface area contributed by atoms with Gasteiger partial charge in [0.15, 0.2) is 0 Å². The largest absolute Gasteiger partial charge is 0.382 e. The van der Waals surface area contributed by atoms with Gasteiger partial charge >= 0.3 is 0 Å². The van der Waals surface area contributed by atoms with Gasteiger partial charge in [0.1, 0.15) is 0 Å². The van der Waals surface area contributed by atoms with E-state index in [4.69, 9.17) is 5.73 Å². The maximum absolute atomic E-state index is 12.2. The Morgan fingerprint density at radius 2 is 1.72 bits per heavy atom. The summed E-state index contributed by atoms with van der Waals surface area (Å²) in [5.74, 6) is 0. The summed E-state index contributed by atoms with van der Waals surface area (Å²) in [5.41, 5.74) is 9.16. The van der Waals surface area contributed by atoms with Crippen LogP contribution in [0, 0.1) is 0 Å². The Morgan fingerprint density at radius 3 is 2.48 bits per heavy atom. The van der Waals surface area contributed by atoms with E-state index in [0.29, 0.717) is 12.1 Å². The number of nitrogens with two attached hydrogens (primary N) is 1. The van der Waals surface area contributed by atoms with Gasteiger partial charge in [-0.25, -0.2) is 0 Å². The highest BCUT2D eigenvalue weighted by atomic mass is 16.1. The molecule has 25 heavy (non-hydrogen) atoms. The minimum atomic E-state index is -0.0510. The summed E-state index contributed by atoms with van der Waals surface area (Å²) in [7, 11) is 0. The zero-order chi connectivity index (χ0) is 17.2. The van der Waals surface area contributed by atoms with E-state index in [9.17, 15) is 4.79 Å². The monoisotopic (exact) mass is 333 g/mol. The first-order valence-electron chi connectivity index (χ1n) is 8.94. The van der Waals surface area contributed by atoms with Gasteiger partial charge in [-0.3, -0.25) is 4.79 Å². The highest BCUT2D eigenvalue weighted by Gasteiger charge is 2.18. The number of benzene rings is 2. The molecular formula is C21H23N3O. The van der Waals surface area contributed by atoms with Crippen LogP contribution in [0.2, 0.25) is 0 Å². The second kappa shape index (κ2) is 6.73. The topological polar surface area (TPSA) is 70.9 Å². The fourth-order valence-corrected chi connectivity index (χ4v) is 3.70. The number of aromatic nitrogens is 1. The van der Waals surface area contributed by atoms with Crippen molar-refractivity contribution < 1.29 is 0 Å². The molecule has 0 radical (unpaired) electrons. The van der Waals surface area contributed by atoms with E-state index < -0.39 is 0 Å². The number of hydrogen-bond donors (Lipinski definition) is 3. The van der Waals surface area contributed by atoms with Gasteiger partial charge in [-0.1, -0.05) is 30.3 Å². The van der Waals surface area contributed by atoms with Crippen molar-refractivity contribution in [1.29, 1.82) is 0 Å². The third-order valence-electron chi connectivity index (χ3n) is 5.13. The Morgan fingerprint density at radius 1 is 0.960 bits per heavy atom. The number of aromatic amines is 1. The van der Waals surface area contributed by atoms with Crippen LogP contribution in [0.4, 0.5) is 5.69 Å². The quantitative estimate of drug-likeness (QED) is 0.681. The predicted molar refractivity (Wildman–Crippen MR) is 104 cm³/mol. The van der Waals surface area contributed by atoms with E-state index in [-0.39, 0.29) is 5.56 Å². The predicted octanol–water partition coefficient (Wildman–Crippen LogP) is 3.88. The molecule has 1 aromatic heterocycles. The van der Waals surface area contributed by atoms with Gasteiger partial charge in [0, 0.05) is 34.9 Å². The zero-order valence-corrected chi connectivity index (χ0v) is 14.2. The molecule has 4 N–H and O–H groups in total. The lowest BCUT2D eigenvalue weighted by Gasteiger charge is -2.27. The molecule has 1 saturated carbocycles. The maximum Gasteiger partial charge on any atom is 0.255 e. The molecule has 0 saturated heterocycles. The van der Waals surface area contributed by atoms with Crippen molar-refractivity contribution in [3.05, 3.63) is 65.1 Å². The van der Waals surface area contributed by atoms with E-state index in [1.165, 1.54) is 0 Å². The van der Waals surface area contributed by atoms with Gasteiger partial charge in [0.25, 0.3) is 5.56 Å². The van der Waals surface area contributed by atoms with Gasteiger partial charge in [0.2, 0.25) is 0 Å². The van der Waals surface area contributed by atoms with Crippen LogP contribution in [0.5, 0.6) is 0 Å². The lowest BCUT2D eigenvalue weighted by Crippen LogP contribution is -2.32. The summed E-state index contributed by atoms with van der Waals surface area (Å²) in [4.78, 5) is 15.1. The first kappa shape index (κ1) is 15.9. The average molecular weight is 333 g/mol. The van der Waals surface area contributed by atoms with E-state index in [0.717, 1.165) is 53.3 Å². The molecule has 0 spiro atoms. The molecule has 0 amide bonds. The Balaban J connectivity index is 1.72. The molecule has 4 heteroatoms. The minimum absolute atomic E-state index is 0.0510. The number of nitrogens with one attached hydrogen (secondary N) is 2. The number of rotatable bonds is 3. The SMILES string of the molecule is NC1CCC(Nc2ccc3c(=O)[nH]cc(-c4ccccc4)c3c2)CC1. The number of fused-ring (bicyclic) bond motifs is 1.